The lowest BCUT2D eigenvalue weighted by atomic mass is 9.74. The molecule has 0 spiro atoms. The summed E-state index contributed by atoms with van der Waals surface area (Å²) in [6, 6.07) is 8.92. The number of carboxylic acid groups (broad SMARTS) is 1. The number of alkyl carbamates (subject to hydrolysis) is 1. The molecule has 1 aromatic rings. The summed E-state index contributed by atoms with van der Waals surface area (Å²) in [6.45, 7) is 5.32. The van der Waals surface area contributed by atoms with Crippen LogP contribution in [0.1, 0.15) is 52.0 Å². The van der Waals surface area contributed by atoms with Crippen molar-refractivity contribution in [3.63, 3.8) is 0 Å². The number of carbonyl (C=O) groups is 2. The summed E-state index contributed by atoms with van der Waals surface area (Å²) in [5, 5.41) is 23.3. The van der Waals surface area contributed by atoms with Gasteiger partial charge in [0.05, 0.1) is 18.1 Å². The van der Waals surface area contributed by atoms with E-state index >= 15 is 0 Å². The SMILES string of the molecule is CC(C)(C)OC(=O)N[C@@H](Cc1ccccc1)C(O)[C@H]1CCCC[C@@H]1C(=O)O. The second-order valence-electron chi connectivity index (χ2n) is 8.33. The van der Waals surface area contributed by atoms with Gasteiger partial charge >= 0.3 is 12.1 Å². The second-order valence-corrected chi connectivity index (χ2v) is 8.33. The first-order chi connectivity index (χ1) is 12.7. The van der Waals surface area contributed by atoms with E-state index in [0.29, 0.717) is 19.3 Å². The molecule has 0 aromatic heterocycles. The highest BCUT2D eigenvalue weighted by Crippen LogP contribution is 2.34. The van der Waals surface area contributed by atoms with Gasteiger partial charge in [0.2, 0.25) is 0 Å². The number of nitrogens with one attached hydrogen (secondary N) is 1. The molecule has 27 heavy (non-hydrogen) atoms. The topological polar surface area (TPSA) is 95.9 Å². The number of carboxylic acids is 1. The lowest BCUT2D eigenvalue weighted by Crippen LogP contribution is -2.51. The van der Waals surface area contributed by atoms with Crippen LogP contribution in [-0.2, 0) is 16.0 Å². The van der Waals surface area contributed by atoms with Crippen LogP contribution in [0, 0.1) is 11.8 Å². The summed E-state index contributed by atoms with van der Waals surface area (Å²) in [6.07, 6.45) is 1.77. The Balaban J connectivity index is 2.18. The van der Waals surface area contributed by atoms with Crippen LogP contribution >= 0.6 is 0 Å². The normalized spacial score (nSPS) is 22.5. The van der Waals surface area contributed by atoms with Gasteiger partial charge in [-0.2, -0.15) is 0 Å². The van der Waals surface area contributed by atoms with Crippen LogP contribution in [0.25, 0.3) is 0 Å². The third kappa shape index (κ3) is 6.54. The number of amides is 1. The van der Waals surface area contributed by atoms with Crippen LogP contribution in [0.5, 0.6) is 0 Å². The lowest BCUT2D eigenvalue weighted by molar-refractivity contribution is -0.147. The van der Waals surface area contributed by atoms with Crippen molar-refractivity contribution in [2.24, 2.45) is 11.8 Å². The largest absolute Gasteiger partial charge is 0.481 e. The van der Waals surface area contributed by atoms with Gasteiger partial charge in [0.1, 0.15) is 5.60 Å². The van der Waals surface area contributed by atoms with Crippen molar-refractivity contribution in [2.45, 2.75) is 70.6 Å². The van der Waals surface area contributed by atoms with Crippen molar-refractivity contribution in [3.05, 3.63) is 35.9 Å². The molecule has 0 aliphatic heterocycles. The van der Waals surface area contributed by atoms with E-state index in [1.54, 1.807) is 20.8 Å². The third-order valence-electron chi connectivity index (χ3n) is 4.99. The average Bonchev–Trinajstić information content (AvgIpc) is 2.59. The zero-order valence-electron chi connectivity index (χ0n) is 16.4. The van der Waals surface area contributed by atoms with Gasteiger partial charge < -0.3 is 20.3 Å². The summed E-state index contributed by atoms with van der Waals surface area (Å²) in [5.41, 5.74) is 0.307. The van der Waals surface area contributed by atoms with Gasteiger partial charge in [-0.3, -0.25) is 4.79 Å². The molecule has 4 atom stereocenters. The molecule has 1 saturated carbocycles. The van der Waals surface area contributed by atoms with Crippen LogP contribution in [0.15, 0.2) is 30.3 Å². The van der Waals surface area contributed by atoms with E-state index in [2.05, 4.69) is 5.32 Å². The van der Waals surface area contributed by atoms with Crippen molar-refractivity contribution < 1.29 is 24.5 Å². The predicted molar refractivity (Wildman–Crippen MR) is 102 cm³/mol. The van der Waals surface area contributed by atoms with Crippen molar-refractivity contribution >= 4 is 12.1 Å². The molecule has 6 nitrogen and oxygen atoms in total. The van der Waals surface area contributed by atoms with E-state index in [0.717, 1.165) is 18.4 Å². The summed E-state index contributed by atoms with van der Waals surface area (Å²) >= 11 is 0. The maximum Gasteiger partial charge on any atom is 0.407 e. The minimum atomic E-state index is -0.959. The molecule has 0 heterocycles. The lowest BCUT2D eigenvalue weighted by Gasteiger charge is -2.36. The van der Waals surface area contributed by atoms with Gasteiger partial charge in [0.25, 0.3) is 0 Å². The molecule has 1 amide bonds. The van der Waals surface area contributed by atoms with E-state index in [1.165, 1.54) is 0 Å². The van der Waals surface area contributed by atoms with Gasteiger partial charge in [-0.15, -0.1) is 0 Å². The number of carbonyl (C=O) groups excluding carboxylic acids is 1. The number of rotatable bonds is 6. The summed E-state index contributed by atoms with van der Waals surface area (Å²) in [7, 11) is 0. The molecule has 2 rings (SSSR count). The minimum Gasteiger partial charge on any atom is -0.481 e. The highest BCUT2D eigenvalue weighted by Gasteiger charge is 2.39. The highest BCUT2D eigenvalue weighted by molar-refractivity contribution is 5.71. The van der Waals surface area contributed by atoms with Crippen LogP contribution < -0.4 is 5.32 Å². The number of aliphatic carboxylic acids is 1. The van der Waals surface area contributed by atoms with Crippen LogP contribution in [0.2, 0.25) is 0 Å². The number of aliphatic hydroxyl groups excluding tert-OH is 1. The Morgan fingerprint density at radius 3 is 2.41 bits per heavy atom. The molecule has 1 aromatic carbocycles. The molecule has 0 radical (unpaired) electrons. The van der Waals surface area contributed by atoms with Crippen LogP contribution in [-0.4, -0.2) is 40.0 Å². The monoisotopic (exact) mass is 377 g/mol. The highest BCUT2D eigenvalue weighted by atomic mass is 16.6. The van der Waals surface area contributed by atoms with E-state index in [1.807, 2.05) is 30.3 Å². The Labute approximate surface area is 160 Å². The Morgan fingerprint density at radius 2 is 1.81 bits per heavy atom. The Morgan fingerprint density at radius 1 is 1.19 bits per heavy atom. The van der Waals surface area contributed by atoms with Gasteiger partial charge in [-0.25, -0.2) is 4.79 Å². The Hall–Kier alpha value is -2.08. The van der Waals surface area contributed by atoms with Gasteiger partial charge in [0, 0.05) is 5.92 Å². The predicted octanol–water partition coefficient (Wildman–Crippen LogP) is 3.37. The second kappa shape index (κ2) is 9.22. The van der Waals surface area contributed by atoms with Crippen LogP contribution in [0.3, 0.4) is 0 Å². The maximum absolute atomic E-state index is 12.3. The maximum atomic E-state index is 12.3. The van der Waals surface area contributed by atoms with E-state index < -0.39 is 35.7 Å². The van der Waals surface area contributed by atoms with Gasteiger partial charge in [0.15, 0.2) is 0 Å². The molecule has 3 N–H and O–H groups in total. The van der Waals surface area contributed by atoms with Crippen molar-refractivity contribution in [1.82, 2.24) is 5.32 Å². The zero-order chi connectivity index (χ0) is 20.0. The Bertz CT molecular complexity index is 625. The smallest absolute Gasteiger partial charge is 0.407 e. The fraction of sp³-hybridized carbons (Fsp3) is 0.619. The van der Waals surface area contributed by atoms with Crippen molar-refractivity contribution in [3.8, 4) is 0 Å². The van der Waals surface area contributed by atoms with Gasteiger partial charge in [-0.05, 0) is 45.6 Å². The molecule has 0 saturated heterocycles. The number of hydrogen-bond donors (Lipinski definition) is 3. The van der Waals surface area contributed by atoms with E-state index in [-0.39, 0.29) is 5.92 Å². The molecular weight excluding hydrogens is 346 g/mol. The molecule has 6 heteroatoms. The quantitative estimate of drug-likeness (QED) is 0.706. The molecule has 1 aliphatic rings. The van der Waals surface area contributed by atoms with Crippen molar-refractivity contribution in [1.29, 1.82) is 0 Å². The minimum absolute atomic E-state index is 0.389. The first-order valence-electron chi connectivity index (χ1n) is 9.61. The summed E-state index contributed by atoms with van der Waals surface area (Å²) in [5.74, 6) is -1.86. The number of hydrogen-bond acceptors (Lipinski definition) is 4. The molecule has 0 bridgehead atoms. The van der Waals surface area contributed by atoms with E-state index in [4.69, 9.17) is 4.74 Å². The standard InChI is InChI=1S/C21H31NO5/c1-21(2,3)27-20(26)22-17(13-14-9-5-4-6-10-14)18(23)15-11-7-8-12-16(15)19(24)25/h4-6,9-10,15-18,23H,7-8,11-13H2,1-3H3,(H,22,26)(H,24,25)/t15-,16-,17-,18?/m0/s1. The molecular formula is C21H31NO5. The third-order valence-corrected chi connectivity index (χ3v) is 4.99. The Kier molecular flexibility index (Phi) is 7.25. The average molecular weight is 377 g/mol. The molecule has 1 aliphatic carbocycles. The first kappa shape index (κ1) is 21.2. The van der Waals surface area contributed by atoms with Gasteiger partial charge in [-0.1, -0.05) is 43.2 Å². The number of benzene rings is 1. The molecule has 150 valence electrons. The number of aliphatic hydroxyl groups is 1. The summed E-state index contributed by atoms with van der Waals surface area (Å²) < 4.78 is 5.34. The zero-order valence-corrected chi connectivity index (χ0v) is 16.4. The summed E-state index contributed by atoms with van der Waals surface area (Å²) in [4.78, 5) is 23.9. The number of ether oxygens (including phenoxy) is 1. The van der Waals surface area contributed by atoms with Crippen LogP contribution in [0.4, 0.5) is 4.79 Å². The van der Waals surface area contributed by atoms with Crippen molar-refractivity contribution in [2.75, 3.05) is 0 Å². The molecule has 1 fully saturated rings. The fourth-order valence-corrected chi connectivity index (χ4v) is 3.76. The van der Waals surface area contributed by atoms with E-state index in [9.17, 15) is 19.8 Å². The fourth-order valence-electron chi connectivity index (χ4n) is 3.76. The first-order valence-corrected chi connectivity index (χ1v) is 9.61. The molecule has 1 unspecified atom stereocenters.